The zero-order valence-electron chi connectivity index (χ0n) is 37.5. The highest BCUT2D eigenvalue weighted by Gasteiger charge is 2.39. The monoisotopic (exact) mass is 865 g/mol. The maximum atomic E-state index is 15.2. The van der Waals surface area contributed by atoms with Gasteiger partial charge in [-0.15, -0.1) is 0 Å². The predicted octanol–water partition coefficient (Wildman–Crippen LogP) is 13.8. The second-order valence-corrected chi connectivity index (χ2v) is 18.3. The van der Waals surface area contributed by atoms with Gasteiger partial charge in [0.2, 0.25) is 0 Å². The molecule has 10 aromatic rings. The van der Waals surface area contributed by atoms with Gasteiger partial charge in [-0.1, -0.05) is 168 Å². The molecule has 0 saturated heterocycles. The highest BCUT2D eigenvalue weighted by molar-refractivity contribution is 6.47. The standard InChI is InChI=1S/C59H51N3O4/c1-3-5-7-12-18-42(19-13-8-6-4-2)62-56(63)46-32-31-44-43-20-14-15-40-29-30-45-52(49(40)43)53-47(33-48(57(62)64)50(46)51(44)53)55-54(45)58(65)61(59(55)66)35-37-23-27-39(28-24-37)38-25-21-36(22-26-38)34-60-41-16-10-9-11-17-41/h9-11,14-17,20-34,42H,3-8,12-13,18-19,35H2,1-2H3. The molecule has 2 heterocycles. The summed E-state index contributed by atoms with van der Waals surface area (Å²) in [6.45, 7) is 4.47. The molecule has 7 heteroatoms. The van der Waals surface area contributed by atoms with Crippen LogP contribution in [-0.4, -0.2) is 33.5 Å². The normalized spacial score (nSPS) is 13.3. The van der Waals surface area contributed by atoms with Crippen molar-refractivity contribution in [3.8, 4) is 11.1 Å². The van der Waals surface area contributed by atoms with E-state index in [0.717, 1.165) is 130 Å². The molecule has 0 aliphatic carbocycles. The molecule has 0 fully saturated rings. The van der Waals surface area contributed by atoms with Crippen molar-refractivity contribution in [3.63, 3.8) is 0 Å². The summed E-state index contributed by atoms with van der Waals surface area (Å²) in [6.07, 6.45) is 11.8. The smallest absolute Gasteiger partial charge is 0.262 e. The van der Waals surface area contributed by atoms with E-state index in [0.29, 0.717) is 38.1 Å². The van der Waals surface area contributed by atoms with E-state index >= 15 is 9.59 Å². The fraction of sp³-hybridized carbons (Fsp3) is 0.237. The molecule has 326 valence electrons. The Kier molecular flexibility index (Phi) is 10.6. The number of hydrogen-bond donors (Lipinski definition) is 0. The van der Waals surface area contributed by atoms with E-state index in [1.807, 2.05) is 109 Å². The molecule has 1 aliphatic rings. The maximum Gasteiger partial charge on any atom is 0.262 e. The zero-order valence-corrected chi connectivity index (χ0v) is 37.5. The molecule has 0 saturated carbocycles. The van der Waals surface area contributed by atoms with Gasteiger partial charge in [0.15, 0.2) is 0 Å². The molecular weight excluding hydrogens is 815 g/mol. The Morgan fingerprint density at radius 1 is 0.500 bits per heavy atom. The van der Waals surface area contributed by atoms with Crippen LogP contribution in [0.1, 0.15) is 110 Å². The van der Waals surface area contributed by atoms with Crippen LogP contribution in [0.2, 0.25) is 0 Å². The molecule has 2 amide bonds. The Balaban J connectivity index is 1.03. The van der Waals surface area contributed by atoms with Crippen LogP contribution in [0.5, 0.6) is 0 Å². The van der Waals surface area contributed by atoms with Crippen LogP contribution in [0, 0.1) is 0 Å². The fourth-order valence-corrected chi connectivity index (χ4v) is 11.0. The Labute approximate surface area is 383 Å². The lowest BCUT2D eigenvalue weighted by atomic mass is 9.80. The summed E-state index contributed by atoms with van der Waals surface area (Å²) in [5.74, 6) is -0.547. The van der Waals surface area contributed by atoms with Gasteiger partial charge in [-0.3, -0.25) is 33.6 Å². The number of para-hydroxylation sites is 1. The third-order valence-electron chi connectivity index (χ3n) is 14.3. The van der Waals surface area contributed by atoms with Crippen LogP contribution < -0.4 is 11.1 Å². The number of benzene rings is 9. The van der Waals surface area contributed by atoms with Crippen LogP contribution in [0.25, 0.3) is 75.8 Å². The van der Waals surface area contributed by atoms with Crippen molar-refractivity contribution in [2.45, 2.75) is 90.6 Å². The topological polar surface area (TPSA) is 88.8 Å². The van der Waals surface area contributed by atoms with Gasteiger partial charge in [0.05, 0.1) is 23.0 Å². The molecule has 1 aliphatic heterocycles. The molecule has 1 aromatic heterocycles. The summed E-state index contributed by atoms with van der Waals surface area (Å²) in [7, 11) is 0. The number of aromatic nitrogens is 1. The number of fused-ring (bicyclic) bond motifs is 4. The van der Waals surface area contributed by atoms with Crippen LogP contribution >= 0.6 is 0 Å². The SMILES string of the molecule is CCCCCCC(CCCCCC)N1C(=O)c2ccc3c4cccc5ccc6c7c(=O)n(Cc8ccc(-c9ccc(C=Nc%10ccccc%10)cc9)cc8)c(=O)c7c7cc(c2c3c7c6c54)C1=O. The number of carbonyl (C=O) groups excluding carboxylic acids is 2. The number of hydrogen-bond acceptors (Lipinski definition) is 5. The van der Waals surface area contributed by atoms with E-state index < -0.39 is 0 Å². The molecule has 66 heavy (non-hydrogen) atoms. The number of rotatable bonds is 16. The van der Waals surface area contributed by atoms with Gasteiger partial charge >= 0.3 is 0 Å². The van der Waals surface area contributed by atoms with E-state index in [9.17, 15) is 9.59 Å². The van der Waals surface area contributed by atoms with Crippen molar-refractivity contribution in [2.75, 3.05) is 0 Å². The predicted molar refractivity (Wildman–Crippen MR) is 272 cm³/mol. The number of unbranched alkanes of at least 4 members (excludes halogenated alkanes) is 6. The lowest BCUT2D eigenvalue weighted by Crippen LogP contribution is -2.47. The molecule has 0 atom stereocenters. The molecule has 0 radical (unpaired) electrons. The first kappa shape index (κ1) is 41.5. The number of imide groups is 1. The van der Waals surface area contributed by atoms with Crippen molar-refractivity contribution in [2.24, 2.45) is 4.99 Å². The molecular formula is C59H51N3O4. The Bertz CT molecular complexity index is 3600. The minimum Gasteiger partial charge on any atom is -0.271 e. The first-order valence-corrected chi connectivity index (χ1v) is 23.8. The quantitative estimate of drug-likeness (QED) is 0.0318. The van der Waals surface area contributed by atoms with E-state index in [1.165, 1.54) is 4.57 Å². The molecule has 0 bridgehead atoms. The van der Waals surface area contributed by atoms with Gasteiger partial charge in [-0.25, -0.2) is 0 Å². The fourth-order valence-electron chi connectivity index (χ4n) is 11.0. The van der Waals surface area contributed by atoms with Gasteiger partial charge in [0.1, 0.15) is 0 Å². The van der Waals surface area contributed by atoms with Crippen LogP contribution in [0.15, 0.2) is 142 Å². The van der Waals surface area contributed by atoms with Crippen LogP contribution in [-0.2, 0) is 6.54 Å². The Morgan fingerprint density at radius 2 is 1.11 bits per heavy atom. The molecule has 0 N–H and O–H groups in total. The number of nitrogens with zero attached hydrogens (tertiary/aromatic N) is 3. The highest BCUT2D eigenvalue weighted by atomic mass is 16.2. The maximum absolute atomic E-state index is 15.2. The molecule has 0 unspecified atom stereocenters. The summed E-state index contributed by atoms with van der Waals surface area (Å²) in [6, 6.07) is 41.8. The van der Waals surface area contributed by atoms with Gasteiger partial charge in [0.25, 0.3) is 22.9 Å². The third-order valence-corrected chi connectivity index (χ3v) is 14.3. The van der Waals surface area contributed by atoms with Crippen molar-refractivity contribution < 1.29 is 9.59 Å². The summed E-state index contributed by atoms with van der Waals surface area (Å²) in [4.78, 5) is 66.0. The first-order chi connectivity index (χ1) is 32.4. The second-order valence-electron chi connectivity index (χ2n) is 18.3. The lowest BCUT2D eigenvalue weighted by Gasteiger charge is -2.35. The van der Waals surface area contributed by atoms with E-state index in [-0.39, 0.29) is 35.5 Å². The largest absolute Gasteiger partial charge is 0.271 e. The summed E-state index contributed by atoms with van der Waals surface area (Å²) in [5.41, 5.74) is 5.01. The molecule has 7 nitrogen and oxygen atoms in total. The average molecular weight is 866 g/mol. The zero-order chi connectivity index (χ0) is 45.1. The van der Waals surface area contributed by atoms with Crippen LogP contribution in [0.3, 0.4) is 0 Å². The highest BCUT2D eigenvalue weighted by Crippen LogP contribution is 2.50. The van der Waals surface area contributed by atoms with Gasteiger partial charge in [-0.2, -0.15) is 0 Å². The molecule has 11 rings (SSSR count). The second kappa shape index (κ2) is 17.0. The Morgan fingerprint density at radius 3 is 1.80 bits per heavy atom. The van der Waals surface area contributed by atoms with Crippen molar-refractivity contribution in [3.05, 3.63) is 170 Å². The summed E-state index contributed by atoms with van der Waals surface area (Å²) < 4.78 is 1.36. The average Bonchev–Trinajstić information content (AvgIpc) is 3.60. The molecule has 9 aromatic carbocycles. The van der Waals surface area contributed by atoms with Crippen molar-refractivity contribution in [1.82, 2.24) is 9.47 Å². The first-order valence-electron chi connectivity index (χ1n) is 23.8. The molecule has 0 spiro atoms. The third kappa shape index (κ3) is 6.74. The number of amides is 2. The van der Waals surface area contributed by atoms with Crippen LogP contribution in [0.4, 0.5) is 5.69 Å². The minimum absolute atomic E-state index is 0.0954. The minimum atomic E-state index is -0.377. The van der Waals surface area contributed by atoms with E-state index in [2.05, 4.69) is 43.1 Å². The number of carbonyl (C=O) groups is 2. The van der Waals surface area contributed by atoms with E-state index in [4.69, 9.17) is 0 Å². The van der Waals surface area contributed by atoms with E-state index in [1.54, 1.807) is 4.90 Å². The van der Waals surface area contributed by atoms with Gasteiger partial charge < -0.3 is 0 Å². The van der Waals surface area contributed by atoms with Gasteiger partial charge in [-0.05, 0) is 108 Å². The van der Waals surface area contributed by atoms with Crippen molar-refractivity contribution in [1.29, 1.82) is 0 Å². The lowest BCUT2D eigenvalue weighted by molar-refractivity contribution is 0.0517. The Hall–Kier alpha value is -7.25. The van der Waals surface area contributed by atoms with Crippen molar-refractivity contribution >= 4 is 88.4 Å². The summed E-state index contributed by atoms with van der Waals surface area (Å²) >= 11 is 0. The summed E-state index contributed by atoms with van der Waals surface area (Å²) in [5, 5.41) is 9.16. The van der Waals surface area contributed by atoms with Gasteiger partial charge in [0, 0.05) is 28.8 Å². The number of aliphatic imine (C=N–C) groups is 1.